The van der Waals surface area contributed by atoms with Gasteiger partial charge in [0.2, 0.25) is 5.75 Å². The summed E-state index contributed by atoms with van der Waals surface area (Å²) in [5.74, 6) is -1.18. The zero-order chi connectivity index (χ0) is 15.6. The zero-order valence-electron chi connectivity index (χ0n) is 10.2. The van der Waals surface area contributed by atoms with Crippen LogP contribution in [0, 0.1) is 10.1 Å². The Balaban J connectivity index is 2.41. The number of carboxylic acid groups (broad SMARTS) is 1. The van der Waals surface area contributed by atoms with Crippen molar-refractivity contribution in [1.29, 1.82) is 0 Å². The second-order valence-corrected chi connectivity index (χ2v) is 4.71. The molecule has 0 saturated heterocycles. The van der Waals surface area contributed by atoms with Gasteiger partial charge in [0.05, 0.1) is 20.5 Å². The first kappa shape index (κ1) is 15.1. The lowest BCUT2D eigenvalue weighted by Gasteiger charge is -2.09. The van der Waals surface area contributed by atoms with Crippen LogP contribution in [-0.2, 0) is 0 Å². The van der Waals surface area contributed by atoms with E-state index in [1.165, 1.54) is 36.4 Å². The van der Waals surface area contributed by atoms with E-state index in [-0.39, 0.29) is 32.8 Å². The van der Waals surface area contributed by atoms with Gasteiger partial charge >= 0.3 is 11.7 Å². The molecule has 0 atom stereocenters. The lowest BCUT2D eigenvalue weighted by molar-refractivity contribution is -0.385. The minimum Gasteiger partial charge on any atom is -0.478 e. The van der Waals surface area contributed by atoms with Crippen molar-refractivity contribution in [2.24, 2.45) is 0 Å². The second-order valence-electron chi connectivity index (χ2n) is 3.89. The van der Waals surface area contributed by atoms with Crippen molar-refractivity contribution in [3.63, 3.8) is 0 Å². The monoisotopic (exact) mass is 327 g/mol. The first-order valence-corrected chi connectivity index (χ1v) is 6.29. The van der Waals surface area contributed by atoms with E-state index in [0.29, 0.717) is 0 Å². The molecule has 0 aliphatic carbocycles. The Labute approximate surface area is 128 Å². The molecule has 0 aliphatic heterocycles. The van der Waals surface area contributed by atoms with Crippen LogP contribution in [0.3, 0.4) is 0 Å². The number of carboxylic acids is 1. The fourth-order valence-corrected chi connectivity index (χ4v) is 2.05. The number of para-hydroxylation sites is 1. The normalized spacial score (nSPS) is 10.2. The summed E-state index contributed by atoms with van der Waals surface area (Å²) in [6.45, 7) is 0. The van der Waals surface area contributed by atoms with Crippen LogP contribution in [0.25, 0.3) is 0 Å². The number of nitro groups is 1. The summed E-state index contributed by atoms with van der Waals surface area (Å²) in [7, 11) is 0. The highest BCUT2D eigenvalue weighted by atomic mass is 35.5. The Kier molecular flexibility index (Phi) is 4.30. The van der Waals surface area contributed by atoms with Gasteiger partial charge in [0, 0.05) is 12.1 Å². The van der Waals surface area contributed by atoms with Crippen molar-refractivity contribution in [2.75, 3.05) is 0 Å². The molecule has 8 heteroatoms. The van der Waals surface area contributed by atoms with E-state index in [0.717, 1.165) is 0 Å². The van der Waals surface area contributed by atoms with Crippen LogP contribution in [-0.4, -0.2) is 16.0 Å². The first-order chi connectivity index (χ1) is 9.90. The molecule has 0 unspecified atom stereocenters. The third-order valence-electron chi connectivity index (χ3n) is 2.53. The second kappa shape index (κ2) is 5.99. The number of carbonyl (C=O) groups is 1. The SMILES string of the molecule is O=C(O)c1ccc(Oc2c(Cl)cccc2[N+](=O)[O-])cc1Cl. The topological polar surface area (TPSA) is 89.7 Å². The summed E-state index contributed by atoms with van der Waals surface area (Å²) in [6, 6.07) is 7.93. The van der Waals surface area contributed by atoms with E-state index < -0.39 is 10.9 Å². The lowest BCUT2D eigenvalue weighted by Crippen LogP contribution is -1.98. The molecule has 2 rings (SSSR count). The Hall–Kier alpha value is -2.31. The molecule has 0 radical (unpaired) electrons. The molecule has 0 spiro atoms. The summed E-state index contributed by atoms with van der Waals surface area (Å²) in [6.07, 6.45) is 0. The van der Waals surface area contributed by atoms with Crippen LogP contribution in [0.1, 0.15) is 10.4 Å². The Morgan fingerprint density at radius 1 is 1.19 bits per heavy atom. The maximum Gasteiger partial charge on any atom is 0.337 e. The van der Waals surface area contributed by atoms with Crippen molar-refractivity contribution in [3.8, 4) is 11.5 Å². The maximum atomic E-state index is 10.9. The highest BCUT2D eigenvalue weighted by molar-refractivity contribution is 6.33. The molecule has 0 fully saturated rings. The fraction of sp³-hybridized carbons (Fsp3) is 0. The molecule has 0 aliphatic rings. The van der Waals surface area contributed by atoms with Gasteiger partial charge < -0.3 is 9.84 Å². The number of aromatic carboxylic acids is 1. The predicted molar refractivity (Wildman–Crippen MR) is 76.6 cm³/mol. The number of hydrogen-bond donors (Lipinski definition) is 1. The minimum atomic E-state index is -1.18. The van der Waals surface area contributed by atoms with Crippen LogP contribution in [0.2, 0.25) is 10.0 Å². The molecule has 0 heterocycles. The van der Waals surface area contributed by atoms with Gasteiger partial charge in [-0.2, -0.15) is 0 Å². The molecule has 0 saturated carbocycles. The Morgan fingerprint density at radius 3 is 2.48 bits per heavy atom. The predicted octanol–water partition coefficient (Wildman–Crippen LogP) is 4.39. The van der Waals surface area contributed by atoms with Gasteiger partial charge in [-0.25, -0.2) is 4.79 Å². The zero-order valence-corrected chi connectivity index (χ0v) is 11.8. The smallest absolute Gasteiger partial charge is 0.337 e. The lowest BCUT2D eigenvalue weighted by atomic mass is 10.2. The molecule has 2 aromatic carbocycles. The van der Waals surface area contributed by atoms with Gasteiger partial charge in [-0.1, -0.05) is 29.3 Å². The third-order valence-corrected chi connectivity index (χ3v) is 3.14. The largest absolute Gasteiger partial charge is 0.478 e. The number of benzene rings is 2. The molecular formula is C13H7Cl2NO5. The number of nitrogens with zero attached hydrogens (tertiary/aromatic N) is 1. The Bertz CT molecular complexity index is 732. The van der Waals surface area contributed by atoms with Crippen molar-refractivity contribution < 1.29 is 19.6 Å². The number of rotatable bonds is 4. The van der Waals surface area contributed by atoms with Crippen molar-refractivity contribution in [2.45, 2.75) is 0 Å². The van der Waals surface area contributed by atoms with Crippen LogP contribution < -0.4 is 4.74 Å². The number of ether oxygens (including phenoxy) is 1. The number of hydrogen-bond acceptors (Lipinski definition) is 4. The van der Waals surface area contributed by atoms with Gasteiger partial charge in [0.1, 0.15) is 5.75 Å². The van der Waals surface area contributed by atoms with E-state index in [1.807, 2.05) is 0 Å². The van der Waals surface area contributed by atoms with Crippen LogP contribution in [0.15, 0.2) is 36.4 Å². The minimum absolute atomic E-state index is 0.0466. The van der Waals surface area contributed by atoms with E-state index >= 15 is 0 Å². The van der Waals surface area contributed by atoms with Crippen molar-refractivity contribution in [1.82, 2.24) is 0 Å². The quantitative estimate of drug-likeness (QED) is 0.664. The fourth-order valence-electron chi connectivity index (χ4n) is 1.59. The van der Waals surface area contributed by atoms with Gasteiger partial charge in [0.15, 0.2) is 0 Å². The van der Waals surface area contributed by atoms with E-state index in [4.69, 9.17) is 33.0 Å². The summed E-state index contributed by atoms with van der Waals surface area (Å²) in [5.41, 5.74) is -0.404. The summed E-state index contributed by atoms with van der Waals surface area (Å²) in [5, 5.41) is 19.8. The molecule has 0 bridgehead atoms. The van der Waals surface area contributed by atoms with Gasteiger partial charge in [-0.05, 0) is 18.2 Å². The number of nitro benzene ring substituents is 1. The molecule has 0 aromatic heterocycles. The van der Waals surface area contributed by atoms with Crippen LogP contribution in [0.5, 0.6) is 11.5 Å². The van der Waals surface area contributed by atoms with Gasteiger partial charge in [0.25, 0.3) is 0 Å². The van der Waals surface area contributed by atoms with Gasteiger partial charge in [-0.3, -0.25) is 10.1 Å². The van der Waals surface area contributed by atoms with E-state index in [9.17, 15) is 14.9 Å². The van der Waals surface area contributed by atoms with Gasteiger partial charge in [-0.15, -0.1) is 0 Å². The number of halogens is 2. The molecule has 21 heavy (non-hydrogen) atoms. The molecule has 1 N–H and O–H groups in total. The molecule has 0 amide bonds. The average Bonchev–Trinajstić information content (AvgIpc) is 2.40. The van der Waals surface area contributed by atoms with Crippen LogP contribution >= 0.6 is 23.2 Å². The molecule has 2 aromatic rings. The highest BCUT2D eigenvalue weighted by Crippen LogP contribution is 2.38. The van der Waals surface area contributed by atoms with Crippen LogP contribution in [0.4, 0.5) is 5.69 Å². The molecular weight excluding hydrogens is 321 g/mol. The van der Waals surface area contributed by atoms with E-state index in [1.54, 1.807) is 0 Å². The molecule has 108 valence electrons. The maximum absolute atomic E-state index is 10.9. The summed E-state index contributed by atoms with van der Waals surface area (Å²) >= 11 is 11.7. The first-order valence-electron chi connectivity index (χ1n) is 5.53. The highest BCUT2D eigenvalue weighted by Gasteiger charge is 2.19. The average molecular weight is 328 g/mol. The Morgan fingerprint density at radius 2 is 1.90 bits per heavy atom. The standard InChI is InChI=1S/C13H7Cl2NO5/c14-9-2-1-3-11(16(19)20)12(9)21-7-4-5-8(13(17)18)10(15)6-7/h1-6H,(H,17,18). The van der Waals surface area contributed by atoms with E-state index in [2.05, 4.69) is 0 Å². The van der Waals surface area contributed by atoms with Crippen molar-refractivity contribution in [3.05, 3.63) is 62.1 Å². The van der Waals surface area contributed by atoms with Crippen molar-refractivity contribution >= 4 is 34.9 Å². The summed E-state index contributed by atoms with van der Waals surface area (Å²) < 4.78 is 5.37. The summed E-state index contributed by atoms with van der Waals surface area (Å²) in [4.78, 5) is 21.2. The third kappa shape index (κ3) is 3.24. The molecule has 6 nitrogen and oxygen atoms in total.